The molecule has 2 amide bonds. The highest BCUT2D eigenvalue weighted by molar-refractivity contribution is 9.10. The molecule has 1 aromatic carbocycles. The first kappa shape index (κ1) is 24.5. The summed E-state index contributed by atoms with van der Waals surface area (Å²) < 4.78 is 26.1. The normalized spacial score (nSPS) is 17.8. The van der Waals surface area contributed by atoms with E-state index in [1.807, 2.05) is 0 Å². The van der Waals surface area contributed by atoms with Gasteiger partial charge in [0.25, 0.3) is 0 Å². The Bertz CT molecular complexity index is 864. The van der Waals surface area contributed by atoms with Gasteiger partial charge in [-0.2, -0.15) is 0 Å². The van der Waals surface area contributed by atoms with Crippen molar-refractivity contribution >= 4 is 39.7 Å². The highest BCUT2D eigenvalue weighted by atomic mass is 79.9. The van der Waals surface area contributed by atoms with Crippen LogP contribution in [0.15, 0.2) is 28.9 Å². The molecule has 0 spiro atoms. The van der Waals surface area contributed by atoms with Crippen molar-refractivity contribution in [3.8, 4) is 0 Å². The van der Waals surface area contributed by atoms with Gasteiger partial charge in [-0.3, -0.25) is 9.80 Å². The van der Waals surface area contributed by atoms with E-state index in [4.69, 9.17) is 21.1 Å². The predicted octanol–water partition coefficient (Wildman–Crippen LogP) is 6.28. The second kappa shape index (κ2) is 8.75. The summed E-state index contributed by atoms with van der Waals surface area (Å²) >= 11 is 9.29. The van der Waals surface area contributed by atoms with Gasteiger partial charge in [-0.1, -0.05) is 18.2 Å². The van der Waals surface area contributed by atoms with Crippen LogP contribution in [0.2, 0.25) is 5.02 Å². The summed E-state index contributed by atoms with van der Waals surface area (Å²) in [5, 5.41) is 0.268. The maximum atomic E-state index is 15.1. The van der Waals surface area contributed by atoms with Crippen LogP contribution < -0.4 is 0 Å². The lowest BCUT2D eigenvalue weighted by Gasteiger charge is -2.43. The summed E-state index contributed by atoms with van der Waals surface area (Å²) in [4.78, 5) is 28.2. The van der Waals surface area contributed by atoms with Crippen LogP contribution in [0, 0.1) is 5.82 Å². The molecule has 0 saturated carbocycles. The molecule has 166 valence electrons. The highest BCUT2D eigenvalue weighted by Crippen LogP contribution is 2.39. The van der Waals surface area contributed by atoms with E-state index in [2.05, 4.69) is 22.5 Å². The number of amides is 2. The third kappa shape index (κ3) is 5.88. The molecular weight excluding hydrogens is 479 g/mol. The van der Waals surface area contributed by atoms with Gasteiger partial charge in [0.2, 0.25) is 0 Å². The van der Waals surface area contributed by atoms with Gasteiger partial charge in [0, 0.05) is 29.4 Å². The molecule has 2 rings (SSSR count). The first-order valence-electron chi connectivity index (χ1n) is 9.44. The molecule has 0 aliphatic carbocycles. The SMILES string of the molecule is C=C1C(c2cc(Cl)cc(Br)c2F)N(C(=O)OC(C)(C)C)CCN1C(=O)OC(C)(C)C. The molecule has 1 fully saturated rings. The fraction of sp³-hybridized carbons (Fsp3) is 0.524. The largest absolute Gasteiger partial charge is 0.444 e. The molecule has 1 heterocycles. The number of nitrogens with zero attached hydrogens (tertiary/aromatic N) is 2. The van der Waals surface area contributed by atoms with Crippen molar-refractivity contribution in [3.05, 3.63) is 45.3 Å². The lowest BCUT2D eigenvalue weighted by Crippen LogP contribution is -2.52. The summed E-state index contributed by atoms with van der Waals surface area (Å²) in [6, 6.07) is 1.82. The van der Waals surface area contributed by atoms with Crippen LogP contribution in [0.25, 0.3) is 0 Å². The van der Waals surface area contributed by atoms with Gasteiger partial charge in [-0.25, -0.2) is 14.0 Å². The van der Waals surface area contributed by atoms with Gasteiger partial charge in [0.05, 0.1) is 4.47 Å². The molecule has 6 nitrogen and oxygen atoms in total. The van der Waals surface area contributed by atoms with Crippen LogP contribution >= 0.6 is 27.5 Å². The van der Waals surface area contributed by atoms with Gasteiger partial charge in [0.15, 0.2) is 0 Å². The second-order valence-electron chi connectivity index (χ2n) is 8.99. The smallest absolute Gasteiger partial charge is 0.414 e. The highest BCUT2D eigenvalue weighted by Gasteiger charge is 2.41. The van der Waals surface area contributed by atoms with Crippen molar-refractivity contribution < 1.29 is 23.5 Å². The monoisotopic (exact) mass is 504 g/mol. The lowest BCUT2D eigenvalue weighted by atomic mass is 9.99. The molecule has 1 saturated heterocycles. The van der Waals surface area contributed by atoms with Crippen LogP contribution in [0.3, 0.4) is 0 Å². The molecule has 1 atom stereocenters. The van der Waals surface area contributed by atoms with Crippen LogP contribution in [0.4, 0.5) is 14.0 Å². The Labute approximate surface area is 190 Å². The fourth-order valence-corrected chi connectivity index (χ4v) is 3.81. The number of hydrogen-bond acceptors (Lipinski definition) is 4. The Kier molecular flexibility index (Phi) is 7.13. The van der Waals surface area contributed by atoms with Crippen molar-refractivity contribution in [1.82, 2.24) is 9.80 Å². The molecular formula is C21H27BrClFN2O4. The van der Waals surface area contributed by atoms with Crippen LogP contribution in [0.1, 0.15) is 53.1 Å². The molecule has 30 heavy (non-hydrogen) atoms. The summed E-state index contributed by atoms with van der Waals surface area (Å²) in [5.41, 5.74) is -1.19. The zero-order valence-electron chi connectivity index (χ0n) is 18.0. The zero-order chi connectivity index (χ0) is 23.0. The van der Waals surface area contributed by atoms with Crippen molar-refractivity contribution in [2.75, 3.05) is 13.1 Å². The Balaban J connectivity index is 2.50. The molecule has 9 heteroatoms. The van der Waals surface area contributed by atoms with Crippen LogP contribution in [-0.2, 0) is 9.47 Å². The molecule has 1 aromatic rings. The Morgan fingerprint density at radius 3 is 2.17 bits per heavy atom. The average molecular weight is 506 g/mol. The quantitative estimate of drug-likeness (QED) is 0.421. The minimum atomic E-state index is -1.00. The minimum Gasteiger partial charge on any atom is -0.444 e. The van der Waals surface area contributed by atoms with Crippen LogP contribution in [0.5, 0.6) is 0 Å². The number of rotatable bonds is 1. The number of carbonyl (C=O) groups is 2. The van der Waals surface area contributed by atoms with Gasteiger partial charge in [-0.15, -0.1) is 0 Å². The number of hydrogen-bond donors (Lipinski definition) is 0. The minimum absolute atomic E-state index is 0.0958. The van der Waals surface area contributed by atoms with E-state index in [0.717, 1.165) is 0 Å². The summed E-state index contributed by atoms with van der Waals surface area (Å²) in [7, 11) is 0. The Hall–Kier alpha value is -1.80. The van der Waals surface area contributed by atoms with E-state index in [9.17, 15) is 9.59 Å². The Morgan fingerprint density at radius 2 is 1.63 bits per heavy atom. The average Bonchev–Trinajstić information content (AvgIpc) is 2.54. The third-order valence-electron chi connectivity index (χ3n) is 4.10. The summed E-state index contributed by atoms with van der Waals surface area (Å²) in [6.45, 7) is 14.7. The first-order chi connectivity index (χ1) is 13.6. The number of benzene rings is 1. The van der Waals surface area contributed by atoms with Gasteiger partial charge >= 0.3 is 12.2 Å². The molecule has 1 aliphatic rings. The summed E-state index contributed by atoms with van der Waals surface area (Å²) in [5.74, 6) is -0.606. The standard InChI is InChI=1S/C21H27BrClFN2O4/c1-12-17(14-10-13(23)11-15(22)16(14)24)26(19(28)30-21(5,6)7)9-8-25(12)18(27)29-20(2,3)4/h10-11,17H,1,8-9H2,2-7H3. The molecule has 0 radical (unpaired) electrons. The van der Waals surface area contributed by atoms with E-state index < -0.39 is 35.2 Å². The third-order valence-corrected chi connectivity index (χ3v) is 4.89. The maximum Gasteiger partial charge on any atom is 0.414 e. The van der Waals surface area contributed by atoms with E-state index in [1.165, 1.54) is 21.9 Å². The lowest BCUT2D eigenvalue weighted by molar-refractivity contribution is -0.00321. The van der Waals surface area contributed by atoms with Gasteiger partial charge in [-0.05, 0) is 69.6 Å². The van der Waals surface area contributed by atoms with Crippen molar-refractivity contribution in [1.29, 1.82) is 0 Å². The maximum absolute atomic E-state index is 15.1. The van der Waals surface area contributed by atoms with Crippen molar-refractivity contribution in [3.63, 3.8) is 0 Å². The number of piperazine rings is 1. The van der Waals surface area contributed by atoms with Crippen LogP contribution in [-0.4, -0.2) is 46.3 Å². The second-order valence-corrected chi connectivity index (χ2v) is 10.3. The van der Waals surface area contributed by atoms with Gasteiger partial charge < -0.3 is 9.47 Å². The zero-order valence-corrected chi connectivity index (χ0v) is 20.4. The Morgan fingerprint density at radius 1 is 1.10 bits per heavy atom. The fourth-order valence-electron chi connectivity index (χ4n) is 2.97. The molecule has 0 bridgehead atoms. The van der Waals surface area contributed by atoms with Crippen molar-refractivity contribution in [2.45, 2.75) is 58.8 Å². The van der Waals surface area contributed by atoms with E-state index in [0.29, 0.717) is 0 Å². The summed E-state index contributed by atoms with van der Waals surface area (Å²) in [6.07, 6.45) is -1.27. The van der Waals surface area contributed by atoms with E-state index >= 15 is 4.39 Å². The number of ether oxygens (including phenoxy) is 2. The molecule has 0 aromatic heterocycles. The molecule has 1 unspecified atom stereocenters. The van der Waals surface area contributed by atoms with E-state index in [-0.39, 0.29) is 33.8 Å². The number of carbonyl (C=O) groups excluding carboxylic acids is 2. The number of halogens is 3. The first-order valence-corrected chi connectivity index (χ1v) is 10.6. The molecule has 1 aliphatic heterocycles. The topological polar surface area (TPSA) is 59.1 Å². The molecule has 0 N–H and O–H groups in total. The van der Waals surface area contributed by atoms with Crippen molar-refractivity contribution in [2.24, 2.45) is 0 Å². The van der Waals surface area contributed by atoms with Gasteiger partial charge in [0.1, 0.15) is 23.1 Å². The predicted molar refractivity (Wildman–Crippen MR) is 117 cm³/mol. The van der Waals surface area contributed by atoms with E-state index in [1.54, 1.807) is 41.5 Å².